The lowest BCUT2D eigenvalue weighted by atomic mass is 10.0. The Kier molecular flexibility index (Phi) is 6.71. The predicted molar refractivity (Wildman–Crippen MR) is 81.0 cm³/mol. The Morgan fingerprint density at radius 3 is 2.55 bits per heavy atom. The molecule has 5 heteroatoms. The zero-order valence-corrected chi connectivity index (χ0v) is 13.1. The van der Waals surface area contributed by atoms with Crippen LogP contribution in [0, 0.1) is 12.8 Å². The van der Waals surface area contributed by atoms with E-state index in [1.165, 1.54) is 9.75 Å². The smallest absolute Gasteiger partial charge is 0.326 e. The number of hydrogen-bond donors (Lipinski definition) is 2. The molecule has 0 spiro atoms. The molecule has 0 fully saturated rings. The lowest BCUT2D eigenvalue weighted by molar-refractivity contribution is -0.142. The summed E-state index contributed by atoms with van der Waals surface area (Å²) in [6, 6.07) is 3.38. The van der Waals surface area contributed by atoms with E-state index >= 15 is 0 Å². The summed E-state index contributed by atoms with van der Waals surface area (Å²) in [7, 11) is 0. The fourth-order valence-electron chi connectivity index (χ4n) is 2.00. The number of carboxylic acid groups (broad SMARTS) is 1. The summed E-state index contributed by atoms with van der Waals surface area (Å²) in [6.45, 7) is 5.95. The van der Waals surface area contributed by atoms with Gasteiger partial charge < -0.3 is 10.4 Å². The Hall–Kier alpha value is -1.36. The molecule has 4 nitrogen and oxygen atoms in total. The molecule has 2 N–H and O–H groups in total. The quantitative estimate of drug-likeness (QED) is 0.775. The van der Waals surface area contributed by atoms with Crippen LogP contribution in [-0.2, 0) is 16.0 Å². The normalized spacial score (nSPS) is 12.4. The highest BCUT2D eigenvalue weighted by Gasteiger charge is 2.20. The molecular weight excluding hydrogens is 274 g/mol. The zero-order chi connectivity index (χ0) is 15.1. The lowest BCUT2D eigenvalue weighted by Crippen LogP contribution is -2.41. The van der Waals surface area contributed by atoms with Gasteiger partial charge in [-0.1, -0.05) is 13.8 Å². The first-order valence-electron chi connectivity index (χ1n) is 6.96. The van der Waals surface area contributed by atoms with Gasteiger partial charge in [-0.25, -0.2) is 4.79 Å². The largest absolute Gasteiger partial charge is 0.480 e. The number of nitrogens with one attached hydrogen (secondary N) is 1. The van der Waals surface area contributed by atoms with E-state index in [2.05, 4.69) is 24.4 Å². The van der Waals surface area contributed by atoms with Gasteiger partial charge in [0.2, 0.25) is 5.91 Å². The minimum absolute atomic E-state index is 0.175. The zero-order valence-electron chi connectivity index (χ0n) is 12.3. The fraction of sp³-hybridized carbons (Fsp3) is 0.600. The van der Waals surface area contributed by atoms with Crippen molar-refractivity contribution in [3.63, 3.8) is 0 Å². The van der Waals surface area contributed by atoms with E-state index < -0.39 is 12.0 Å². The molecule has 0 aromatic carbocycles. The van der Waals surface area contributed by atoms with Gasteiger partial charge in [-0.05, 0) is 44.2 Å². The highest BCUT2D eigenvalue weighted by atomic mass is 32.1. The van der Waals surface area contributed by atoms with Crippen LogP contribution >= 0.6 is 11.3 Å². The lowest BCUT2D eigenvalue weighted by Gasteiger charge is -2.16. The molecule has 0 bridgehead atoms. The Labute approximate surface area is 124 Å². The second kappa shape index (κ2) is 8.04. The van der Waals surface area contributed by atoms with Crippen LogP contribution in [0.1, 0.15) is 42.9 Å². The van der Waals surface area contributed by atoms with Crippen LogP contribution in [0.15, 0.2) is 12.1 Å². The van der Waals surface area contributed by atoms with E-state index in [1.807, 2.05) is 13.8 Å². The van der Waals surface area contributed by atoms with Crippen molar-refractivity contribution >= 4 is 23.2 Å². The van der Waals surface area contributed by atoms with Crippen molar-refractivity contribution in [1.29, 1.82) is 0 Å². The molecule has 0 aliphatic carbocycles. The van der Waals surface area contributed by atoms with Crippen molar-refractivity contribution in [2.24, 2.45) is 5.92 Å². The van der Waals surface area contributed by atoms with E-state index in [4.69, 9.17) is 5.11 Å². The summed E-state index contributed by atoms with van der Waals surface area (Å²) in [4.78, 5) is 25.4. The summed E-state index contributed by atoms with van der Waals surface area (Å²) in [5.41, 5.74) is 0. The molecule has 1 aromatic heterocycles. The van der Waals surface area contributed by atoms with Crippen molar-refractivity contribution in [2.45, 2.75) is 52.5 Å². The average molecular weight is 297 g/mol. The predicted octanol–water partition coefficient (Wildman–Crippen LogP) is 2.99. The van der Waals surface area contributed by atoms with E-state index in [0.29, 0.717) is 12.8 Å². The third-order valence-electron chi connectivity index (χ3n) is 2.96. The van der Waals surface area contributed by atoms with E-state index in [0.717, 1.165) is 12.8 Å². The number of hydrogen-bond acceptors (Lipinski definition) is 3. The number of carbonyl (C=O) groups excluding carboxylic acids is 1. The van der Waals surface area contributed by atoms with Gasteiger partial charge in [0.15, 0.2) is 0 Å². The number of thiophene rings is 1. The molecule has 1 aromatic rings. The van der Waals surface area contributed by atoms with E-state index in [-0.39, 0.29) is 11.8 Å². The van der Waals surface area contributed by atoms with E-state index in [9.17, 15) is 9.59 Å². The van der Waals surface area contributed by atoms with Crippen LogP contribution < -0.4 is 5.32 Å². The maximum atomic E-state index is 11.8. The molecule has 0 aliphatic rings. The standard InChI is InChI=1S/C15H23NO3S/c1-10(2)9-13(15(18)19)16-14(17)6-4-5-12-8-7-11(3)20-12/h7-8,10,13H,4-6,9H2,1-3H3,(H,16,17)(H,18,19). The first-order chi connectivity index (χ1) is 9.38. The molecule has 0 aliphatic heterocycles. The van der Waals surface area contributed by atoms with Gasteiger partial charge in [-0.15, -0.1) is 11.3 Å². The van der Waals surface area contributed by atoms with Crippen LogP contribution in [0.2, 0.25) is 0 Å². The summed E-state index contributed by atoms with van der Waals surface area (Å²) < 4.78 is 0. The molecular formula is C15H23NO3S. The van der Waals surface area contributed by atoms with Crippen molar-refractivity contribution in [3.05, 3.63) is 21.9 Å². The minimum atomic E-state index is -0.957. The monoisotopic (exact) mass is 297 g/mol. The summed E-state index contributed by atoms with van der Waals surface area (Å²) in [6.07, 6.45) is 2.46. The number of aryl methyl sites for hydroxylation is 2. The van der Waals surface area contributed by atoms with Crippen molar-refractivity contribution in [1.82, 2.24) is 5.32 Å². The van der Waals surface area contributed by atoms with Gasteiger partial charge in [0.05, 0.1) is 0 Å². The molecule has 112 valence electrons. The van der Waals surface area contributed by atoms with Crippen LogP contribution in [0.4, 0.5) is 0 Å². The van der Waals surface area contributed by atoms with Gasteiger partial charge in [-0.3, -0.25) is 4.79 Å². The Balaban J connectivity index is 2.32. The van der Waals surface area contributed by atoms with Crippen LogP contribution in [0.3, 0.4) is 0 Å². The molecule has 1 heterocycles. The molecule has 1 rings (SSSR count). The summed E-state index contributed by atoms with van der Waals surface area (Å²) in [5, 5.41) is 11.7. The van der Waals surface area contributed by atoms with Gasteiger partial charge in [0.1, 0.15) is 6.04 Å². The SMILES string of the molecule is Cc1ccc(CCCC(=O)NC(CC(C)C)C(=O)O)s1. The second-order valence-corrected chi connectivity index (χ2v) is 6.83. The summed E-state index contributed by atoms with van der Waals surface area (Å²) >= 11 is 1.74. The maximum absolute atomic E-state index is 11.8. The van der Waals surface area contributed by atoms with Crippen molar-refractivity contribution in [2.75, 3.05) is 0 Å². The van der Waals surface area contributed by atoms with Crippen LogP contribution in [-0.4, -0.2) is 23.0 Å². The van der Waals surface area contributed by atoms with Gasteiger partial charge >= 0.3 is 5.97 Å². The van der Waals surface area contributed by atoms with Gasteiger partial charge in [0.25, 0.3) is 0 Å². The first-order valence-corrected chi connectivity index (χ1v) is 7.77. The van der Waals surface area contributed by atoms with Crippen LogP contribution in [0.5, 0.6) is 0 Å². The molecule has 1 amide bonds. The highest BCUT2D eigenvalue weighted by Crippen LogP contribution is 2.17. The van der Waals surface area contributed by atoms with E-state index in [1.54, 1.807) is 11.3 Å². The molecule has 20 heavy (non-hydrogen) atoms. The molecule has 1 atom stereocenters. The second-order valence-electron chi connectivity index (χ2n) is 5.45. The number of aliphatic carboxylic acids is 1. The van der Waals surface area contributed by atoms with Crippen LogP contribution in [0.25, 0.3) is 0 Å². The van der Waals surface area contributed by atoms with Gasteiger partial charge in [0, 0.05) is 16.2 Å². The van der Waals surface area contributed by atoms with Gasteiger partial charge in [-0.2, -0.15) is 0 Å². The fourth-order valence-corrected chi connectivity index (χ4v) is 2.93. The molecule has 0 radical (unpaired) electrons. The number of rotatable bonds is 8. The van der Waals surface area contributed by atoms with Crippen molar-refractivity contribution in [3.8, 4) is 0 Å². The molecule has 1 unspecified atom stereocenters. The number of amides is 1. The topological polar surface area (TPSA) is 66.4 Å². The highest BCUT2D eigenvalue weighted by molar-refractivity contribution is 7.11. The average Bonchev–Trinajstić information content (AvgIpc) is 2.73. The maximum Gasteiger partial charge on any atom is 0.326 e. The third kappa shape index (κ3) is 6.19. The molecule has 0 saturated carbocycles. The Morgan fingerprint density at radius 2 is 2.05 bits per heavy atom. The third-order valence-corrected chi connectivity index (χ3v) is 4.02. The molecule has 0 saturated heterocycles. The van der Waals surface area contributed by atoms with Crippen molar-refractivity contribution < 1.29 is 14.7 Å². The number of carboxylic acids is 1. The first kappa shape index (κ1) is 16.7. The Morgan fingerprint density at radius 1 is 1.35 bits per heavy atom. The number of carbonyl (C=O) groups is 2. The summed E-state index contributed by atoms with van der Waals surface area (Å²) in [5.74, 6) is -0.891. The minimum Gasteiger partial charge on any atom is -0.480 e. The Bertz CT molecular complexity index is 454.